The van der Waals surface area contributed by atoms with E-state index in [1.807, 2.05) is 18.7 Å². The zero-order valence-corrected chi connectivity index (χ0v) is 29.0. The third-order valence-electron chi connectivity index (χ3n) is 8.94. The molecule has 3 atom stereocenters. The average molecular weight is 624 g/mol. The Morgan fingerprint density at radius 3 is 2.07 bits per heavy atom. The first-order valence-corrected chi connectivity index (χ1v) is 17.8. The summed E-state index contributed by atoms with van der Waals surface area (Å²) in [6.07, 6.45) is 17.2. The highest BCUT2D eigenvalue weighted by Gasteiger charge is 2.45. The van der Waals surface area contributed by atoms with Crippen LogP contribution in [0.25, 0.3) is 0 Å². The molecular weight excluding hydrogens is 558 g/mol. The van der Waals surface area contributed by atoms with Crippen molar-refractivity contribution in [2.24, 2.45) is 5.41 Å². The number of carbonyl (C=O) groups excluding carboxylic acids is 3. The normalized spacial score (nSPS) is 22.6. The van der Waals surface area contributed by atoms with Gasteiger partial charge >= 0.3 is 12.0 Å². The highest BCUT2D eigenvalue weighted by Crippen LogP contribution is 2.35. The first-order chi connectivity index (χ1) is 21.0. The van der Waals surface area contributed by atoms with Crippen molar-refractivity contribution in [3.05, 3.63) is 0 Å². The van der Waals surface area contributed by atoms with Crippen molar-refractivity contribution in [1.82, 2.24) is 15.5 Å². The van der Waals surface area contributed by atoms with Crippen LogP contribution >= 0.6 is 0 Å². The first kappa shape index (κ1) is 38.3. The fraction of sp³-hybridized carbons (Fsp3) is 0.914. The SMILES string of the molecule is CCCCCCCCCCCCNC(=O)N(CCCC)C1CCCCC1OC(=O)CCNC(=O)C1OC(C)(C)OCC1(C)C. The van der Waals surface area contributed by atoms with E-state index in [4.69, 9.17) is 14.2 Å². The molecule has 2 aliphatic rings. The molecule has 0 aromatic rings. The number of urea groups is 1. The minimum atomic E-state index is -0.838. The molecule has 1 saturated carbocycles. The van der Waals surface area contributed by atoms with Crippen LogP contribution in [0.15, 0.2) is 0 Å². The molecule has 256 valence electrons. The third-order valence-corrected chi connectivity index (χ3v) is 8.94. The molecular formula is C35H65N3O6. The Morgan fingerprint density at radius 1 is 0.795 bits per heavy atom. The van der Waals surface area contributed by atoms with E-state index in [1.165, 1.54) is 51.4 Å². The van der Waals surface area contributed by atoms with Gasteiger partial charge in [-0.2, -0.15) is 0 Å². The van der Waals surface area contributed by atoms with E-state index >= 15 is 0 Å². The first-order valence-electron chi connectivity index (χ1n) is 17.8. The van der Waals surface area contributed by atoms with Crippen molar-refractivity contribution < 1.29 is 28.6 Å². The Morgan fingerprint density at radius 2 is 1.41 bits per heavy atom. The Kier molecular flexibility index (Phi) is 17.7. The van der Waals surface area contributed by atoms with Gasteiger partial charge in [0.1, 0.15) is 12.2 Å². The van der Waals surface area contributed by atoms with Crippen molar-refractivity contribution in [2.45, 2.75) is 175 Å². The number of ether oxygens (including phenoxy) is 3. The van der Waals surface area contributed by atoms with Crippen molar-refractivity contribution >= 4 is 17.9 Å². The molecule has 1 aliphatic heterocycles. The summed E-state index contributed by atoms with van der Waals surface area (Å²) < 4.78 is 17.6. The minimum absolute atomic E-state index is 0.0448. The smallest absolute Gasteiger partial charge is 0.317 e. The van der Waals surface area contributed by atoms with Gasteiger partial charge in [-0.3, -0.25) is 9.59 Å². The molecule has 0 radical (unpaired) electrons. The number of unbranched alkanes of at least 4 members (excludes halogenated alkanes) is 10. The Balaban J connectivity index is 1.79. The van der Waals surface area contributed by atoms with E-state index in [9.17, 15) is 14.4 Å². The highest BCUT2D eigenvalue weighted by atomic mass is 16.7. The summed E-state index contributed by atoms with van der Waals surface area (Å²) in [5.41, 5.74) is -0.481. The predicted molar refractivity (Wildman–Crippen MR) is 175 cm³/mol. The zero-order chi connectivity index (χ0) is 32.4. The second-order valence-electron chi connectivity index (χ2n) is 14.1. The molecule has 0 aromatic heterocycles. The fourth-order valence-corrected chi connectivity index (χ4v) is 6.16. The molecule has 0 aromatic carbocycles. The zero-order valence-electron chi connectivity index (χ0n) is 29.0. The van der Waals surface area contributed by atoms with Crippen molar-refractivity contribution in [1.29, 1.82) is 0 Å². The van der Waals surface area contributed by atoms with Gasteiger partial charge in [-0.15, -0.1) is 0 Å². The molecule has 9 heteroatoms. The lowest BCUT2D eigenvalue weighted by Gasteiger charge is -2.44. The van der Waals surface area contributed by atoms with Crippen LogP contribution in [0.1, 0.15) is 151 Å². The highest BCUT2D eigenvalue weighted by molar-refractivity contribution is 5.82. The van der Waals surface area contributed by atoms with E-state index in [2.05, 4.69) is 24.5 Å². The van der Waals surface area contributed by atoms with E-state index in [0.717, 1.165) is 51.4 Å². The average Bonchev–Trinajstić information content (AvgIpc) is 2.98. The number of esters is 1. The second-order valence-corrected chi connectivity index (χ2v) is 14.1. The summed E-state index contributed by atoms with van der Waals surface area (Å²) in [6, 6.07) is -0.170. The van der Waals surface area contributed by atoms with Crippen molar-refractivity contribution in [3.8, 4) is 0 Å². The van der Waals surface area contributed by atoms with Crippen LogP contribution in [0.5, 0.6) is 0 Å². The van der Waals surface area contributed by atoms with Gasteiger partial charge < -0.3 is 29.7 Å². The summed E-state index contributed by atoms with van der Waals surface area (Å²) in [4.78, 5) is 41.1. The van der Waals surface area contributed by atoms with Crippen molar-refractivity contribution in [2.75, 3.05) is 26.2 Å². The molecule has 1 saturated heterocycles. The Labute approximate surface area is 268 Å². The molecule has 9 nitrogen and oxygen atoms in total. The Hall–Kier alpha value is -1.87. The van der Waals surface area contributed by atoms with Crippen LogP contribution in [0.2, 0.25) is 0 Å². The summed E-state index contributed by atoms with van der Waals surface area (Å²) in [7, 11) is 0. The second kappa shape index (κ2) is 20.3. The van der Waals surface area contributed by atoms with Crippen LogP contribution in [-0.2, 0) is 23.8 Å². The molecule has 2 rings (SSSR count). The van der Waals surface area contributed by atoms with Gasteiger partial charge in [0.2, 0.25) is 5.91 Å². The molecule has 3 amide bonds. The number of nitrogens with zero attached hydrogens (tertiary/aromatic N) is 1. The largest absolute Gasteiger partial charge is 0.460 e. The lowest BCUT2D eigenvalue weighted by Crippen LogP contribution is -2.56. The number of rotatable bonds is 20. The summed E-state index contributed by atoms with van der Waals surface area (Å²) in [5, 5.41) is 6.01. The van der Waals surface area contributed by atoms with Gasteiger partial charge in [0.25, 0.3) is 0 Å². The standard InChI is InChI=1S/C35H65N3O6/c1-7-9-11-12-13-14-15-16-17-20-24-37-33(41)38(26-10-8-2)28-21-18-19-22-29(28)43-30(39)23-25-36-32(40)31-34(3,4)27-42-35(5,6)44-31/h28-29,31H,7-27H2,1-6H3,(H,36,40)(H,37,41). The number of nitrogens with one attached hydrogen (secondary N) is 2. The molecule has 44 heavy (non-hydrogen) atoms. The van der Waals surface area contributed by atoms with Crippen LogP contribution in [0.3, 0.4) is 0 Å². The van der Waals surface area contributed by atoms with Gasteiger partial charge in [-0.05, 0) is 46.0 Å². The van der Waals surface area contributed by atoms with Gasteiger partial charge in [-0.1, -0.05) is 98.3 Å². The Bertz CT molecular complexity index is 848. The van der Waals surface area contributed by atoms with Crippen LogP contribution in [0, 0.1) is 5.41 Å². The molecule has 2 N–H and O–H groups in total. The maximum absolute atomic E-state index is 13.3. The lowest BCUT2D eigenvalue weighted by atomic mass is 9.85. The summed E-state index contributed by atoms with van der Waals surface area (Å²) >= 11 is 0. The van der Waals surface area contributed by atoms with Crippen molar-refractivity contribution in [3.63, 3.8) is 0 Å². The minimum Gasteiger partial charge on any atom is -0.460 e. The van der Waals surface area contributed by atoms with Crippen LogP contribution in [0.4, 0.5) is 4.79 Å². The molecule has 1 heterocycles. The van der Waals surface area contributed by atoms with E-state index in [-0.39, 0.29) is 43.0 Å². The molecule has 0 spiro atoms. The lowest BCUT2D eigenvalue weighted by molar-refractivity contribution is -0.304. The third kappa shape index (κ3) is 14.1. The van der Waals surface area contributed by atoms with E-state index in [0.29, 0.717) is 19.7 Å². The summed E-state index contributed by atoms with van der Waals surface area (Å²) in [5.74, 6) is -1.44. The van der Waals surface area contributed by atoms with Gasteiger partial charge in [0.05, 0.1) is 19.1 Å². The fourth-order valence-electron chi connectivity index (χ4n) is 6.16. The molecule has 1 aliphatic carbocycles. The summed E-state index contributed by atoms with van der Waals surface area (Å²) in [6.45, 7) is 13.7. The number of amides is 3. The maximum atomic E-state index is 13.3. The predicted octanol–water partition coefficient (Wildman–Crippen LogP) is 7.26. The van der Waals surface area contributed by atoms with Gasteiger partial charge in [0.15, 0.2) is 5.79 Å². The molecule has 3 unspecified atom stereocenters. The molecule has 0 bridgehead atoms. The van der Waals surface area contributed by atoms with Gasteiger partial charge in [0, 0.05) is 25.0 Å². The van der Waals surface area contributed by atoms with E-state index in [1.54, 1.807) is 13.8 Å². The maximum Gasteiger partial charge on any atom is 0.317 e. The number of carbonyl (C=O) groups is 3. The van der Waals surface area contributed by atoms with Gasteiger partial charge in [-0.25, -0.2) is 4.79 Å². The monoisotopic (exact) mass is 623 g/mol. The number of hydrogen-bond donors (Lipinski definition) is 2. The quantitative estimate of drug-likeness (QED) is 0.109. The topological polar surface area (TPSA) is 106 Å². The molecule has 2 fully saturated rings. The van der Waals surface area contributed by atoms with E-state index < -0.39 is 17.3 Å². The van der Waals surface area contributed by atoms with Crippen LogP contribution in [-0.4, -0.2) is 73.1 Å². The van der Waals surface area contributed by atoms with Crippen LogP contribution < -0.4 is 10.6 Å². The number of hydrogen-bond acceptors (Lipinski definition) is 6.